The summed E-state index contributed by atoms with van der Waals surface area (Å²) in [5.41, 5.74) is 1.07. The number of allylic oxidation sites excluding steroid dienone is 2. The van der Waals surface area contributed by atoms with E-state index in [1.165, 1.54) is 0 Å². The van der Waals surface area contributed by atoms with Crippen LogP contribution < -0.4 is 5.32 Å². The minimum absolute atomic E-state index is 0. The van der Waals surface area contributed by atoms with E-state index in [1.54, 1.807) is 0 Å². The van der Waals surface area contributed by atoms with Crippen molar-refractivity contribution in [3.05, 3.63) is 25.7 Å². The molecule has 10 heavy (non-hydrogen) atoms. The van der Waals surface area contributed by atoms with Gasteiger partial charge in [0.15, 0.2) is 0 Å². The first-order valence-corrected chi connectivity index (χ1v) is 2.37. The molecule has 0 saturated heterocycles. The van der Waals surface area contributed by atoms with E-state index in [-0.39, 0.29) is 72.8 Å². The third kappa shape index (κ3) is 16.4. The standard InChI is InChI=1S/C6H11N.CH3.2Y/c1-4-6(3)7-5-2;;;/h5,7H,1-3H3;1H3;;/q-2;-1;;+3. The fraction of sp³-hybridized carbons (Fsp3) is 0.429. The molecule has 0 aliphatic rings. The van der Waals surface area contributed by atoms with E-state index in [0.717, 1.165) is 5.70 Å². The molecule has 0 atom stereocenters. The Hall–Kier alpha value is 1.75. The van der Waals surface area contributed by atoms with Crippen molar-refractivity contribution in [1.82, 2.24) is 5.32 Å². The molecule has 0 saturated carbocycles. The molecule has 0 fully saturated rings. The van der Waals surface area contributed by atoms with Crippen LogP contribution in [0.15, 0.2) is 5.70 Å². The van der Waals surface area contributed by atoms with Gasteiger partial charge in [-0.15, -0.1) is 0 Å². The van der Waals surface area contributed by atoms with E-state index in [2.05, 4.69) is 11.4 Å². The summed E-state index contributed by atoms with van der Waals surface area (Å²) in [6.45, 7) is 7.68. The van der Waals surface area contributed by atoms with E-state index >= 15 is 0 Å². The molecule has 0 amide bonds. The Bertz CT molecular complexity index is 72.0. The second-order valence-corrected chi connectivity index (χ2v) is 1.31. The Labute approximate surface area is 116 Å². The van der Waals surface area contributed by atoms with Gasteiger partial charge in [-0.1, -0.05) is 6.92 Å². The first kappa shape index (κ1) is 22.6. The second kappa shape index (κ2) is 17.0. The van der Waals surface area contributed by atoms with Crippen LogP contribution in [-0.2, 0) is 65.4 Å². The summed E-state index contributed by atoms with van der Waals surface area (Å²) in [5.74, 6) is 0. The van der Waals surface area contributed by atoms with E-state index in [4.69, 9.17) is 0 Å². The van der Waals surface area contributed by atoms with Gasteiger partial charge in [-0.2, -0.15) is 13.8 Å². The third-order valence-electron chi connectivity index (χ3n) is 0.736. The van der Waals surface area contributed by atoms with E-state index < -0.39 is 0 Å². The molecule has 0 aromatic heterocycles. The van der Waals surface area contributed by atoms with Gasteiger partial charge in [0.1, 0.15) is 0 Å². The summed E-state index contributed by atoms with van der Waals surface area (Å²) in [4.78, 5) is 0. The zero-order valence-electron chi connectivity index (χ0n) is 7.23. The molecule has 0 aliphatic carbocycles. The van der Waals surface area contributed by atoms with Crippen molar-refractivity contribution in [3.8, 4) is 0 Å². The molecule has 0 aliphatic heterocycles. The molecule has 1 N–H and O–H groups in total. The average molecular weight is 290 g/mol. The van der Waals surface area contributed by atoms with Crippen molar-refractivity contribution in [2.24, 2.45) is 0 Å². The van der Waals surface area contributed by atoms with Crippen LogP contribution in [0.2, 0.25) is 0 Å². The molecular weight excluding hydrogens is 276 g/mol. The maximum Gasteiger partial charge on any atom is 3.00 e. The van der Waals surface area contributed by atoms with Gasteiger partial charge in [-0.05, 0) is 0 Å². The molecule has 0 spiro atoms. The largest absolute Gasteiger partial charge is 3.00 e. The van der Waals surface area contributed by atoms with Gasteiger partial charge in [-0.25, -0.2) is 5.70 Å². The number of hydrogen-bond donors (Lipinski definition) is 1. The molecule has 0 aromatic carbocycles. The Morgan fingerprint density at radius 3 is 2.00 bits per heavy atom. The molecule has 53 valence electrons. The second-order valence-electron chi connectivity index (χ2n) is 1.31. The summed E-state index contributed by atoms with van der Waals surface area (Å²) in [7, 11) is 0. The van der Waals surface area contributed by atoms with Gasteiger partial charge >= 0.3 is 32.7 Å². The quantitative estimate of drug-likeness (QED) is 0.766. The molecule has 0 aromatic rings. The normalized spacial score (nSPS) is 8.10. The van der Waals surface area contributed by atoms with Crippen molar-refractivity contribution in [1.29, 1.82) is 0 Å². The van der Waals surface area contributed by atoms with Crippen molar-refractivity contribution in [2.45, 2.75) is 20.8 Å². The topological polar surface area (TPSA) is 12.0 Å². The van der Waals surface area contributed by atoms with Crippen LogP contribution in [0.25, 0.3) is 0 Å². The van der Waals surface area contributed by atoms with E-state index in [0.29, 0.717) is 0 Å². The SMILES string of the molecule is C[C-]=C(C)N[CH-]C.[CH3-].[Y+3].[Y]. The molecule has 0 rings (SSSR count). The van der Waals surface area contributed by atoms with Crippen LogP contribution in [0.1, 0.15) is 20.8 Å². The summed E-state index contributed by atoms with van der Waals surface area (Å²) in [6.07, 6.45) is 2.94. The molecule has 0 bridgehead atoms. The van der Waals surface area contributed by atoms with Crippen molar-refractivity contribution in [3.63, 3.8) is 0 Å². The predicted molar refractivity (Wildman–Crippen MR) is 37.6 cm³/mol. The molecule has 0 heterocycles. The molecule has 1 nitrogen and oxygen atoms in total. The van der Waals surface area contributed by atoms with Crippen LogP contribution in [0, 0.1) is 20.0 Å². The van der Waals surface area contributed by atoms with Crippen LogP contribution in [0.5, 0.6) is 0 Å². The fourth-order valence-corrected chi connectivity index (χ4v) is 0.289. The first-order valence-electron chi connectivity index (χ1n) is 2.37. The fourth-order valence-electron chi connectivity index (χ4n) is 0.289. The Balaban J connectivity index is -0.0000000600. The van der Waals surface area contributed by atoms with Crippen molar-refractivity contribution >= 4 is 0 Å². The molecule has 3 heteroatoms. The zero-order valence-corrected chi connectivity index (χ0v) is 12.9. The summed E-state index contributed by atoms with van der Waals surface area (Å²) in [6, 6.07) is 0. The number of nitrogens with one attached hydrogen (secondary N) is 1. The third-order valence-corrected chi connectivity index (χ3v) is 0.736. The first-order chi connectivity index (χ1) is 3.31. The van der Waals surface area contributed by atoms with Gasteiger partial charge in [0, 0.05) is 32.7 Å². The van der Waals surface area contributed by atoms with Crippen LogP contribution >= 0.6 is 0 Å². The maximum absolute atomic E-state index is 2.98. The van der Waals surface area contributed by atoms with Gasteiger partial charge in [0.25, 0.3) is 0 Å². The smallest absolute Gasteiger partial charge is 0.568 e. The monoisotopic (exact) mass is 290 g/mol. The molecule has 1 radical (unpaired) electrons. The number of hydrogen-bond acceptors (Lipinski definition) is 1. The molecular formula is C7H14NY2. The van der Waals surface area contributed by atoms with Crippen LogP contribution in [-0.4, -0.2) is 0 Å². The van der Waals surface area contributed by atoms with Gasteiger partial charge < -0.3 is 18.8 Å². The van der Waals surface area contributed by atoms with Crippen molar-refractivity contribution in [2.75, 3.05) is 0 Å². The van der Waals surface area contributed by atoms with Gasteiger partial charge in [0.05, 0.1) is 0 Å². The molecule has 0 unspecified atom stereocenters. The van der Waals surface area contributed by atoms with Crippen LogP contribution in [0.3, 0.4) is 0 Å². The summed E-state index contributed by atoms with van der Waals surface area (Å²) < 4.78 is 0. The minimum atomic E-state index is 0. The minimum Gasteiger partial charge on any atom is -0.568 e. The predicted octanol–water partition coefficient (Wildman–Crippen LogP) is 1.93. The summed E-state index contributed by atoms with van der Waals surface area (Å²) >= 11 is 0. The maximum atomic E-state index is 2.98. The Kier molecular flexibility index (Phi) is 38.5. The number of rotatable bonds is 2. The average Bonchev–Trinajstić information content (AvgIpc) is 1.68. The van der Waals surface area contributed by atoms with E-state index in [9.17, 15) is 0 Å². The van der Waals surface area contributed by atoms with Crippen LogP contribution in [0.4, 0.5) is 0 Å². The van der Waals surface area contributed by atoms with E-state index in [1.807, 2.05) is 27.3 Å². The zero-order chi connectivity index (χ0) is 5.70. The van der Waals surface area contributed by atoms with Gasteiger partial charge in [-0.3, -0.25) is 6.54 Å². The summed E-state index contributed by atoms with van der Waals surface area (Å²) in [5, 5.41) is 2.98. The van der Waals surface area contributed by atoms with Crippen molar-refractivity contribution < 1.29 is 65.4 Å². The van der Waals surface area contributed by atoms with Gasteiger partial charge in [0.2, 0.25) is 0 Å². The Morgan fingerprint density at radius 1 is 1.50 bits per heavy atom. The Morgan fingerprint density at radius 2 is 1.90 bits per heavy atom.